The molecule has 0 aliphatic rings. The van der Waals surface area contributed by atoms with E-state index in [4.69, 9.17) is 19.9 Å². The number of hydrogen-bond acceptors (Lipinski definition) is 4. The minimum atomic E-state index is -1.58. The fourth-order valence-electron chi connectivity index (χ4n) is 1.08. The number of methoxy groups -OCH3 is 1. The Hall–Kier alpha value is -1.04. The standard InChI is InChI=1S/C8H11BO4/c1-13-8-3-2-6(5-10)4-7(8)9(11)12/h2-4,10-12H,5H2,1H3. The van der Waals surface area contributed by atoms with Gasteiger partial charge in [0.15, 0.2) is 0 Å². The summed E-state index contributed by atoms with van der Waals surface area (Å²) >= 11 is 0. The van der Waals surface area contributed by atoms with Crippen molar-refractivity contribution >= 4 is 12.6 Å². The maximum atomic E-state index is 8.95. The SMILES string of the molecule is COc1ccc(CO)cc1B(O)O. The van der Waals surface area contributed by atoms with Crippen LogP contribution in [0.4, 0.5) is 0 Å². The highest BCUT2D eigenvalue weighted by molar-refractivity contribution is 6.59. The molecule has 0 aliphatic carbocycles. The molecule has 4 nitrogen and oxygen atoms in total. The lowest BCUT2D eigenvalue weighted by Gasteiger charge is -2.08. The minimum absolute atomic E-state index is 0.135. The predicted molar refractivity (Wildman–Crippen MR) is 48.7 cm³/mol. The summed E-state index contributed by atoms with van der Waals surface area (Å²) in [5, 5.41) is 26.7. The van der Waals surface area contributed by atoms with Gasteiger partial charge in [-0.15, -0.1) is 0 Å². The second-order valence-electron chi connectivity index (χ2n) is 2.61. The molecular formula is C8H11BO4. The zero-order chi connectivity index (χ0) is 9.84. The average Bonchev–Trinajstić information content (AvgIpc) is 2.16. The molecule has 70 valence electrons. The highest BCUT2D eigenvalue weighted by Gasteiger charge is 2.16. The lowest BCUT2D eigenvalue weighted by molar-refractivity contribution is 0.281. The number of ether oxygens (including phenoxy) is 1. The van der Waals surface area contributed by atoms with Crippen molar-refractivity contribution in [1.29, 1.82) is 0 Å². The first-order valence-electron chi connectivity index (χ1n) is 3.83. The summed E-state index contributed by atoms with van der Waals surface area (Å²) < 4.78 is 4.90. The summed E-state index contributed by atoms with van der Waals surface area (Å²) in [5.41, 5.74) is 0.873. The van der Waals surface area contributed by atoms with Gasteiger partial charge in [0.25, 0.3) is 0 Å². The van der Waals surface area contributed by atoms with Gasteiger partial charge in [-0.2, -0.15) is 0 Å². The normalized spacial score (nSPS) is 9.85. The number of benzene rings is 1. The Bertz CT molecular complexity index is 287. The first-order chi connectivity index (χ1) is 6.19. The molecular weight excluding hydrogens is 171 g/mol. The fraction of sp³-hybridized carbons (Fsp3) is 0.250. The molecule has 0 heterocycles. The molecule has 0 spiro atoms. The van der Waals surface area contributed by atoms with Crippen molar-refractivity contribution in [1.82, 2.24) is 0 Å². The van der Waals surface area contributed by atoms with E-state index in [2.05, 4.69) is 0 Å². The van der Waals surface area contributed by atoms with Gasteiger partial charge in [0, 0.05) is 5.46 Å². The molecule has 0 unspecified atom stereocenters. The number of aliphatic hydroxyl groups excluding tert-OH is 1. The van der Waals surface area contributed by atoms with Gasteiger partial charge in [-0.25, -0.2) is 0 Å². The van der Waals surface area contributed by atoms with Crippen molar-refractivity contribution < 1.29 is 19.9 Å². The first kappa shape index (κ1) is 10.0. The van der Waals surface area contributed by atoms with E-state index >= 15 is 0 Å². The Labute approximate surface area is 76.6 Å². The molecule has 5 heteroatoms. The van der Waals surface area contributed by atoms with E-state index in [1.165, 1.54) is 13.2 Å². The van der Waals surface area contributed by atoms with Gasteiger partial charge in [-0.1, -0.05) is 12.1 Å². The van der Waals surface area contributed by atoms with E-state index in [0.717, 1.165) is 0 Å². The van der Waals surface area contributed by atoms with Gasteiger partial charge < -0.3 is 19.9 Å². The van der Waals surface area contributed by atoms with Gasteiger partial charge in [0.1, 0.15) is 5.75 Å². The van der Waals surface area contributed by atoms with Crippen LogP contribution in [0.3, 0.4) is 0 Å². The topological polar surface area (TPSA) is 69.9 Å². The fourth-order valence-corrected chi connectivity index (χ4v) is 1.08. The lowest BCUT2D eigenvalue weighted by Crippen LogP contribution is -2.31. The smallest absolute Gasteiger partial charge is 0.492 e. The molecule has 1 aromatic carbocycles. The summed E-state index contributed by atoms with van der Waals surface area (Å²) in [6.07, 6.45) is 0. The van der Waals surface area contributed by atoms with Crippen molar-refractivity contribution in [2.45, 2.75) is 6.61 Å². The van der Waals surface area contributed by atoms with E-state index in [-0.39, 0.29) is 12.1 Å². The zero-order valence-electron chi connectivity index (χ0n) is 7.27. The lowest BCUT2D eigenvalue weighted by atomic mass is 9.79. The second-order valence-corrected chi connectivity index (χ2v) is 2.61. The van der Waals surface area contributed by atoms with Crippen LogP contribution in [0.2, 0.25) is 0 Å². The molecule has 0 saturated carbocycles. The molecule has 0 aromatic heterocycles. The van der Waals surface area contributed by atoms with Crippen LogP contribution in [-0.4, -0.2) is 29.4 Å². The molecule has 1 rings (SSSR count). The third kappa shape index (κ3) is 2.21. The summed E-state index contributed by atoms with van der Waals surface area (Å²) in [4.78, 5) is 0. The average molecular weight is 182 g/mol. The van der Waals surface area contributed by atoms with E-state index in [1.54, 1.807) is 12.1 Å². The van der Waals surface area contributed by atoms with Gasteiger partial charge in [0.2, 0.25) is 0 Å². The van der Waals surface area contributed by atoms with Crippen LogP contribution in [0.25, 0.3) is 0 Å². The third-order valence-electron chi connectivity index (χ3n) is 1.75. The van der Waals surface area contributed by atoms with Crippen LogP contribution in [0.1, 0.15) is 5.56 Å². The molecule has 0 amide bonds. The Kier molecular flexibility index (Phi) is 3.30. The van der Waals surface area contributed by atoms with Crippen molar-refractivity contribution in [3.63, 3.8) is 0 Å². The number of hydrogen-bond donors (Lipinski definition) is 3. The molecule has 3 N–H and O–H groups in total. The number of rotatable bonds is 3. The number of aliphatic hydroxyl groups is 1. The quantitative estimate of drug-likeness (QED) is 0.517. The van der Waals surface area contributed by atoms with Gasteiger partial charge in [-0.05, 0) is 11.6 Å². The van der Waals surface area contributed by atoms with Gasteiger partial charge in [-0.3, -0.25) is 0 Å². The van der Waals surface area contributed by atoms with Crippen LogP contribution in [0.5, 0.6) is 5.75 Å². The van der Waals surface area contributed by atoms with E-state index in [0.29, 0.717) is 11.3 Å². The zero-order valence-corrected chi connectivity index (χ0v) is 7.27. The van der Waals surface area contributed by atoms with Crippen molar-refractivity contribution in [2.24, 2.45) is 0 Å². The summed E-state index contributed by atoms with van der Waals surface area (Å²) in [6.45, 7) is -0.135. The monoisotopic (exact) mass is 182 g/mol. The Morgan fingerprint density at radius 1 is 1.38 bits per heavy atom. The summed E-state index contributed by atoms with van der Waals surface area (Å²) in [7, 11) is -0.138. The van der Waals surface area contributed by atoms with Crippen LogP contribution in [0.15, 0.2) is 18.2 Å². The molecule has 13 heavy (non-hydrogen) atoms. The largest absolute Gasteiger partial charge is 0.497 e. The Balaban J connectivity index is 3.10. The summed E-state index contributed by atoms with van der Waals surface area (Å²) in [6, 6.07) is 4.73. The van der Waals surface area contributed by atoms with Crippen molar-refractivity contribution in [3.8, 4) is 5.75 Å². The van der Waals surface area contributed by atoms with Gasteiger partial charge >= 0.3 is 7.12 Å². The predicted octanol–water partition coefficient (Wildman–Crippen LogP) is -1.13. The maximum Gasteiger partial charge on any atom is 0.492 e. The van der Waals surface area contributed by atoms with Crippen LogP contribution in [0, 0.1) is 0 Å². The van der Waals surface area contributed by atoms with Crippen molar-refractivity contribution in [3.05, 3.63) is 23.8 Å². The molecule has 1 aromatic rings. The molecule has 0 fully saturated rings. The minimum Gasteiger partial charge on any atom is -0.497 e. The third-order valence-corrected chi connectivity index (χ3v) is 1.75. The van der Waals surface area contributed by atoms with E-state index in [1.807, 2.05) is 0 Å². The van der Waals surface area contributed by atoms with E-state index < -0.39 is 7.12 Å². The molecule has 0 aliphatic heterocycles. The second kappa shape index (κ2) is 4.27. The maximum absolute atomic E-state index is 8.95. The highest BCUT2D eigenvalue weighted by atomic mass is 16.5. The first-order valence-corrected chi connectivity index (χ1v) is 3.83. The van der Waals surface area contributed by atoms with Crippen molar-refractivity contribution in [2.75, 3.05) is 7.11 Å². The molecule has 0 saturated heterocycles. The Morgan fingerprint density at radius 2 is 2.08 bits per heavy atom. The summed E-state index contributed by atoms with van der Waals surface area (Å²) in [5.74, 6) is 0.396. The van der Waals surface area contributed by atoms with Crippen LogP contribution in [-0.2, 0) is 6.61 Å². The van der Waals surface area contributed by atoms with Crippen LogP contribution >= 0.6 is 0 Å². The van der Waals surface area contributed by atoms with Gasteiger partial charge in [0.05, 0.1) is 13.7 Å². The highest BCUT2D eigenvalue weighted by Crippen LogP contribution is 2.09. The molecule has 0 atom stereocenters. The molecule has 0 bridgehead atoms. The van der Waals surface area contributed by atoms with Crippen LogP contribution < -0.4 is 10.2 Å². The Morgan fingerprint density at radius 3 is 2.54 bits per heavy atom. The van der Waals surface area contributed by atoms with E-state index in [9.17, 15) is 0 Å². The molecule has 0 radical (unpaired) electrons.